The molecular weight excluding hydrogens is 312 g/mol. The van der Waals surface area contributed by atoms with Crippen LogP contribution in [0.15, 0.2) is 60.8 Å². The van der Waals surface area contributed by atoms with Crippen LogP contribution in [0, 0.1) is 11.3 Å². The molecule has 0 saturated heterocycles. The molecule has 1 heterocycles. The lowest BCUT2D eigenvalue weighted by Gasteiger charge is -2.23. The molecule has 5 nitrogen and oxygen atoms in total. The highest BCUT2D eigenvalue weighted by Gasteiger charge is 2.15. The van der Waals surface area contributed by atoms with E-state index in [9.17, 15) is 4.79 Å². The first-order chi connectivity index (χ1) is 12.2. The van der Waals surface area contributed by atoms with Crippen LogP contribution in [0.5, 0.6) is 0 Å². The van der Waals surface area contributed by atoms with Crippen molar-refractivity contribution in [3.8, 4) is 17.3 Å². The smallest absolute Gasteiger partial charge is 0.227 e. The highest BCUT2D eigenvalue weighted by Crippen LogP contribution is 2.22. The lowest BCUT2D eigenvalue weighted by molar-refractivity contribution is -0.118. The van der Waals surface area contributed by atoms with Gasteiger partial charge in [-0.2, -0.15) is 10.4 Å². The molecule has 3 rings (SSSR count). The van der Waals surface area contributed by atoms with Crippen molar-refractivity contribution in [2.75, 3.05) is 4.90 Å². The van der Waals surface area contributed by atoms with Gasteiger partial charge in [0.2, 0.25) is 5.91 Å². The molecule has 1 aromatic heterocycles. The van der Waals surface area contributed by atoms with Gasteiger partial charge in [0.15, 0.2) is 0 Å². The van der Waals surface area contributed by atoms with Crippen LogP contribution < -0.4 is 4.90 Å². The topological polar surface area (TPSA) is 72.8 Å². The molecular formula is C20H18N4O. The van der Waals surface area contributed by atoms with Gasteiger partial charge in [-0.25, -0.2) is 0 Å². The zero-order valence-corrected chi connectivity index (χ0v) is 13.9. The summed E-state index contributed by atoms with van der Waals surface area (Å²) < 4.78 is 0. The molecule has 25 heavy (non-hydrogen) atoms. The fourth-order valence-corrected chi connectivity index (χ4v) is 2.64. The number of H-pyrrole nitrogens is 1. The lowest BCUT2D eigenvalue weighted by atomic mass is 10.1. The molecule has 3 aromatic rings. The molecule has 0 aliphatic rings. The van der Waals surface area contributed by atoms with E-state index < -0.39 is 0 Å². The number of anilines is 1. The SMILES string of the molecule is CCC(=O)N(Cc1ccc(-c2cc[nH]n2)cc1)c1cccc(C#N)c1. The predicted octanol–water partition coefficient (Wildman–Crippen LogP) is 3.89. The quantitative estimate of drug-likeness (QED) is 0.771. The first kappa shape index (κ1) is 16.5. The highest BCUT2D eigenvalue weighted by atomic mass is 16.2. The minimum atomic E-state index is 0.0199. The monoisotopic (exact) mass is 330 g/mol. The van der Waals surface area contributed by atoms with Gasteiger partial charge in [0.05, 0.1) is 23.9 Å². The van der Waals surface area contributed by atoms with Gasteiger partial charge in [0, 0.05) is 23.9 Å². The molecule has 0 unspecified atom stereocenters. The minimum absolute atomic E-state index is 0.0199. The largest absolute Gasteiger partial charge is 0.308 e. The van der Waals surface area contributed by atoms with Crippen molar-refractivity contribution < 1.29 is 4.79 Å². The molecule has 124 valence electrons. The molecule has 0 spiro atoms. The summed E-state index contributed by atoms with van der Waals surface area (Å²) in [6, 6.07) is 19.1. The molecule has 0 radical (unpaired) electrons. The fourth-order valence-electron chi connectivity index (χ4n) is 2.64. The number of nitrogens with zero attached hydrogens (tertiary/aromatic N) is 3. The van der Waals surface area contributed by atoms with Gasteiger partial charge >= 0.3 is 0 Å². The van der Waals surface area contributed by atoms with Gasteiger partial charge < -0.3 is 4.90 Å². The maximum atomic E-state index is 12.4. The summed E-state index contributed by atoms with van der Waals surface area (Å²) >= 11 is 0. The average Bonchev–Trinajstić information content (AvgIpc) is 3.21. The Morgan fingerprint density at radius 1 is 1.20 bits per heavy atom. The number of hydrogen-bond donors (Lipinski definition) is 1. The second kappa shape index (κ2) is 7.45. The van der Waals surface area contributed by atoms with Crippen molar-refractivity contribution in [1.82, 2.24) is 10.2 Å². The molecule has 0 bridgehead atoms. The van der Waals surface area contributed by atoms with Crippen molar-refractivity contribution in [3.63, 3.8) is 0 Å². The van der Waals surface area contributed by atoms with E-state index in [1.54, 1.807) is 29.3 Å². The standard InChI is InChI=1S/C20H18N4O/c1-2-20(25)24(18-5-3-4-16(12-18)13-21)14-15-6-8-17(9-7-15)19-10-11-22-23-19/h3-12H,2,14H2,1H3,(H,22,23). The Morgan fingerprint density at radius 3 is 2.64 bits per heavy atom. The van der Waals surface area contributed by atoms with Crippen LogP contribution in [-0.2, 0) is 11.3 Å². The minimum Gasteiger partial charge on any atom is -0.308 e. The van der Waals surface area contributed by atoms with E-state index in [1.807, 2.05) is 43.3 Å². The zero-order chi connectivity index (χ0) is 17.6. The van der Waals surface area contributed by atoms with Crippen molar-refractivity contribution in [1.29, 1.82) is 5.26 Å². The van der Waals surface area contributed by atoms with E-state index in [1.165, 1.54) is 0 Å². The molecule has 1 N–H and O–H groups in total. The first-order valence-electron chi connectivity index (χ1n) is 8.11. The van der Waals surface area contributed by atoms with Crippen LogP contribution in [0.1, 0.15) is 24.5 Å². The van der Waals surface area contributed by atoms with Crippen LogP contribution in [0.25, 0.3) is 11.3 Å². The molecule has 0 aliphatic heterocycles. The third kappa shape index (κ3) is 3.75. The summed E-state index contributed by atoms with van der Waals surface area (Å²) in [7, 11) is 0. The highest BCUT2D eigenvalue weighted by molar-refractivity contribution is 5.93. The summed E-state index contributed by atoms with van der Waals surface area (Å²) in [6.07, 6.45) is 2.19. The zero-order valence-electron chi connectivity index (χ0n) is 13.9. The Balaban J connectivity index is 1.85. The molecule has 0 fully saturated rings. The van der Waals surface area contributed by atoms with Crippen LogP contribution in [0.3, 0.4) is 0 Å². The number of aromatic nitrogens is 2. The van der Waals surface area contributed by atoms with Gasteiger partial charge in [-0.1, -0.05) is 37.3 Å². The Bertz CT molecular complexity index is 892. The van der Waals surface area contributed by atoms with Gasteiger partial charge in [0.25, 0.3) is 0 Å². The average molecular weight is 330 g/mol. The Kier molecular flexibility index (Phi) is 4.91. The Hall–Kier alpha value is -3.39. The number of nitrogens with one attached hydrogen (secondary N) is 1. The van der Waals surface area contributed by atoms with E-state index in [0.29, 0.717) is 18.5 Å². The molecule has 0 atom stereocenters. The molecule has 1 amide bonds. The number of carbonyl (C=O) groups excluding carboxylic acids is 1. The number of amides is 1. The third-order valence-corrected chi connectivity index (χ3v) is 3.98. The molecule has 5 heteroatoms. The number of aromatic amines is 1. The number of rotatable bonds is 5. The van der Waals surface area contributed by atoms with Crippen molar-refractivity contribution in [3.05, 3.63) is 71.9 Å². The van der Waals surface area contributed by atoms with Crippen molar-refractivity contribution in [2.24, 2.45) is 0 Å². The van der Waals surface area contributed by atoms with E-state index in [-0.39, 0.29) is 5.91 Å². The number of carbonyl (C=O) groups is 1. The van der Waals surface area contributed by atoms with Gasteiger partial charge in [-0.05, 0) is 29.8 Å². The predicted molar refractivity (Wildman–Crippen MR) is 96.7 cm³/mol. The molecule has 2 aromatic carbocycles. The van der Waals surface area contributed by atoms with Gasteiger partial charge in [0.1, 0.15) is 0 Å². The second-order valence-electron chi connectivity index (χ2n) is 5.65. The fraction of sp³-hybridized carbons (Fsp3) is 0.150. The summed E-state index contributed by atoms with van der Waals surface area (Å²) in [6.45, 7) is 2.30. The van der Waals surface area contributed by atoms with Crippen molar-refractivity contribution >= 4 is 11.6 Å². The normalized spacial score (nSPS) is 10.2. The van der Waals surface area contributed by atoms with E-state index in [4.69, 9.17) is 5.26 Å². The number of nitriles is 1. The Morgan fingerprint density at radius 2 is 2.00 bits per heavy atom. The number of hydrogen-bond acceptors (Lipinski definition) is 3. The molecule has 0 aliphatic carbocycles. The summed E-state index contributed by atoms with van der Waals surface area (Å²) in [5, 5.41) is 16.1. The Labute approximate surface area is 146 Å². The van der Waals surface area contributed by atoms with E-state index in [2.05, 4.69) is 16.3 Å². The summed E-state index contributed by atoms with van der Waals surface area (Å²) in [5.41, 5.74) is 4.20. The van der Waals surface area contributed by atoms with Crippen LogP contribution in [0.2, 0.25) is 0 Å². The van der Waals surface area contributed by atoms with Crippen LogP contribution in [-0.4, -0.2) is 16.1 Å². The van der Waals surface area contributed by atoms with Crippen LogP contribution >= 0.6 is 0 Å². The van der Waals surface area contributed by atoms with Gasteiger partial charge in [-0.3, -0.25) is 9.89 Å². The van der Waals surface area contributed by atoms with E-state index in [0.717, 1.165) is 22.5 Å². The number of benzene rings is 2. The van der Waals surface area contributed by atoms with Gasteiger partial charge in [-0.15, -0.1) is 0 Å². The summed E-state index contributed by atoms with van der Waals surface area (Å²) in [5.74, 6) is 0.0199. The lowest BCUT2D eigenvalue weighted by Crippen LogP contribution is -2.29. The third-order valence-electron chi connectivity index (χ3n) is 3.98. The first-order valence-corrected chi connectivity index (χ1v) is 8.11. The van der Waals surface area contributed by atoms with E-state index >= 15 is 0 Å². The maximum Gasteiger partial charge on any atom is 0.227 e. The molecule has 0 saturated carbocycles. The van der Waals surface area contributed by atoms with Crippen LogP contribution in [0.4, 0.5) is 5.69 Å². The maximum absolute atomic E-state index is 12.4. The second-order valence-corrected chi connectivity index (χ2v) is 5.65. The summed E-state index contributed by atoms with van der Waals surface area (Å²) in [4.78, 5) is 14.1. The van der Waals surface area contributed by atoms with Crippen molar-refractivity contribution in [2.45, 2.75) is 19.9 Å².